The van der Waals surface area contributed by atoms with Crippen molar-refractivity contribution in [1.82, 2.24) is 10.2 Å². The molecule has 1 amide bonds. The van der Waals surface area contributed by atoms with Gasteiger partial charge in [0.15, 0.2) is 0 Å². The molecule has 2 N–H and O–H groups in total. The number of hydrogen-bond donors (Lipinski definition) is 2. The summed E-state index contributed by atoms with van der Waals surface area (Å²) in [6.07, 6.45) is 3.79. The van der Waals surface area contributed by atoms with Crippen LogP contribution in [0.25, 0.3) is 0 Å². The van der Waals surface area contributed by atoms with Crippen molar-refractivity contribution >= 4 is 17.6 Å². The zero-order valence-electron chi connectivity index (χ0n) is 16.6. The normalized spacial score (nSPS) is 14.0. The van der Waals surface area contributed by atoms with Crippen LogP contribution in [0.1, 0.15) is 56.0 Å². The summed E-state index contributed by atoms with van der Waals surface area (Å²) in [6.45, 7) is 9.19. The van der Waals surface area contributed by atoms with Gasteiger partial charge in [0, 0.05) is 43.9 Å². The Labute approximate surface area is 157 Å². The van der Waals surface area contributed by atoms with E-state index in [-0.39, 0.29) is 18.5 Å². The van der Waals surface area contributed by atoms with Crippen LogP contribution in [0, 0.1) is 0 Å². The molecule has 6 heteroatoms. The van der Waals surface area contributed by atoms with Gasteiger partial charge in [-0.25, -0.2) is 0 Å². The van der Waals surface area contributed by atoms with E-state index in [4.69, 9.17) is 4.74 Å². The van der Waals surface area contributed by atoms with Gasteiger partial charge in [0.25, 0.3) is 5.91 Å². The SMILES string of the molecule is CC.CNc1ccc(COC(C)=O)c(C(=O)NCCN2CCCCC2)c1. The Morgan fingerprint density at radius 3 is 2.46 bits per heavy atom. The maximum atomic E-state index is 12.5. The summed E-state index contributed by atoms with van der Waals surface area (Å²) in [5.41, 5.74) is 2.10. The number of piperidine rings is 1. The first-order valence-corrected chi connectivity index (χ1v) is 9.54. The Morgan fingerprint density at radius 1 is 1.15 bits per heavy atom. The minimum atomic E-state index is -0.357. The topological polar surface area (TPSA) is 70.7 Å². The fourth-order valence-corrected chi connectivity index (χ4v) is 2.85. The van der Waals surface area contributed by atoms with E-state index in [0.717, 1.165) is 25.3 Å². The number of amides is 1. The molecule has 1 aliphatic rings. The van der Waals surface area contributed by atoms with Crippen LogP contribution in [0.2, 0.25) is 0 Å². The molecule has 1 aromatic carbocycles. The first-order chi connectivity index (χ1) is 12.6. The van der Waals surface area contributed by atoms with Crippen LogP contribution in [-0.2, 0) is 16.1 Å². The lowest BCUT2D eigenvalue weighted by Gasteiger charge is -2.26. The standard InChI is InChI=1S/C18H27N3O3.C2H6/c1-14(22)24-13-15-6-7-16(19-2)12-17(15)18(23)20-8-11-21-9-4-3-5-10-21;1-2/h6-7,12,19H,3-5,8-11,13H2,1-2H3,(H,20,23);1-2H3. The molecule has 1 saturated heterocycles. The first kappa shape index (κ1) is 22.0. The van der Waals surface area contributed by atoms with Gasteiger partial charge in [0.05, 0.1) is 0 Å². The van der Waals surface area contributed by atoms with E-state index in [9.17, 15) is 9.59 Å². The van der Waals surface area contributed by atoms with Gasteiger partial charge in [-0.15, -0.1) is 0 Å². The maximum Gasteiger partial charge on any atom is 0.302 e. The molecule has 1 fully saturated rings. The summed E-state index contributed by atoms with van der Waals surface area (Å²) in [5.74, 6) is -0.490. The molecule has 0 spiro atoms. The van der Waals surface area contributed by atoms with Crippen molar-refractivity contribution < 1.29 is 14.3 Å². The van der Waals surface area contributed by atoms with Crippen LogP contribution in [0.3, 0.4) is 0 Å². The Hall–Kier alpha value is -2.08. The third-order valence-corrected chi connectivity index (χ3v) is 4.24. The Morgan fingerprint density at radius 2 is 1.85 bits per heavy atom. The highest BCUT2D eigenvalue weighted by atomic mass is 16.5. The highest BCUT2D eigenvalue weighted by Crippen LogP contribution is 2.17. The first-order valence-electron chi connectivity index (χ1n) is 9.54. The van der Waals surface area contributed by atoms with Crippen molar-refractivity contribution in [3.05, 3.63) is 29.3 Å². The van der Waals surface area contributed by atoms with Crippen LogP contribution in [0.5, 0.6) is 0 Å². The lowest BCUT2D eigenvalue weighted by atomic mass is 10.1. The second kappa shape index (κ2) is 12.3. The van der Waals surface area contributed by atoms with Gasteiger partial charge in [-0.2, -0.15) is 0 Å². The van der Waals surface area contributed by atoms with Crippen LogP contribution in [0.15, 0.2) is 18.2 Å². The molecule has 0 aromatic heterocycles. The molecule has 26 heavy (non-hydrogen) atoms. The lowest BCUT2D eigenvalue weighted by molar-refractivity contribution is -0.142. The zero-order chi connectivity index (χ0) is 19.4. The van der Waals surface area contributed by atoms with E-state index in [1.165, 1.54) is 26.2 Å². The Bertz CT molecular complexity index is 569. The fourth-order valence-electron chi connectivity index (χ4n) is 2.85. The zero-order valence-corrected chi connectivity index (χ0v) is 16.6. The fraction of sp³-hybridized carbons (Fsp3) is 0.600. The quantitative estimate of drug-likeness (QED) is 0.729. The number of benzene rings is 1. The second-order valence-electron chi connectivity index (χ2n) is 6.06. The van der Waals surface area contributed by atoms with Gasteiger partial charge in [-0.05, 0) is 38.1 Å². The molecule has 0 saturated carbocycles. The highest BCUT2D eigenvalue weighted by Gasteiger charge is 2.14. The number of anilines is 1. The highest BCUT2D eigenvalue weighted by molar-refractivity contribution is 5.96. The molecule has 0 radical (unpaired) electrons. The Balaban J connectivity index is 0.00000163. The van der Waals surface area contributed by atoms with Gasteiger partial charge >= 0.3 is 5.97 Å². The van der Waals surface area contributed by atoms with Crippen molar-refractivity contribution in [2.75, 3.05) is 38.5 Å². The molecule has 0 unspecified atom stereocenters. The van der Waals surface area contributed by atoms with E-state index in [2.05, 4.69) is 15.5 Å². The number of nitrogens with one attached hydrogen (secondary N) is 2. The van der Waals surface area contributed by atoms with Gasteiger partial charge in [-0.3, -0.25) is 9.59 Å². The summed E-state index contributed by atoms with van der Waals surface area (Å²) >= 11 is 0. The molecule has 146 valence electrons. The number of rotatable bonds is 7. The van der Waals surface area contributed by atoms with Crippen molar-refractivity contribution in [3.8, 4) is 0 Å². The summed E-state index contributed by atoms with van der Waals surface area (Å²) in [7, 11) is 1.80. The molecule has 6 nitrogen and oxygen atoms in total. The van der Waals surface area contributed by atoms with Crippen LogP contribution < -0.4 is 10.6 Å². The van der Waals surface area contributed by atoms with Gasteiger partial charge < -0.3 is 20.3 Å². The third-order valence-electron chi connectivity index (χ3n) is 4.24. The molecule has 1 aliphatic heterocycles. The predicted molar refractivity (Wildman–Crippen MR) is 105 cm³/mol. The molecule has 0 atom stereocenters. The van der Waals surface area contributed by atoms with Crippen molar-refractivity contribution in [2.45, 2.75) is 46.6 Å². The van der Waals surface area contributed by atoms with Crippen LogP contribution >= 0.6 is 0 Å². The maximum absolute atomic E-state index is 12.5. The molecule has 1 heterocycles. The van der Waals surface area contributed by atoms with Gasteiger partial charge in [0.2, 0.25) is 0 Å². The van der Waals surface area contributed by atoms with Crippen LogP contribution in [-0.4, -0.2) is 50.0 Å². The van der Waals surface area contributed by atoms with E-state index in [0.29, 0.717) is 17.7 Å². The smallest absolute Gasteiger partial charge is 0.302 e. The second-order valence-corrected chi connectivity index (χ2v) is 6.06. The minimum absolute atomic E-state index is 0.105. The number of hydrogen-bond acceptors (Lipinski definition) is 5. The number of likely N-dealkylation sites (tertiary alicyclic amines) is 1. The number of ether oxygens (including phenoxy) is 1. The summed E-state index contributed by atoms with van der Waals surface area (Å²) in [5, 5.41) is 6.00. The predicted octanol–water partition coefficient (Wildman–Crippen LogP) is 3.03. The molecule has 1 aromatic rings. The third kappa shape index (κ3) is 7.44. The number of esters is 1. The minimum Gasteiger partial charge on any atom is -0.461 e. The largest absolute Gasteiger partial charge is 0.461 e. The summed E-state index contributed by atoms with van der Waals surface area (Å²) in [4.78, 5) is 25.9. The van der Waals surface area contributed by atoms with Crippen molar-refractivity contribution in [2.24, 2.45) is 0 Å². The molecule has 0 bridgehead atoms. The number of carbonyl (C=O) groups excluding carboxylic acids is 2. The average Bonchev–Trinajstić information content (AvgIpc) is 2.68. The van der Waals surface area contributed by atoms with Crippen LogP contribution in [0.4, 0.5) is 5.69 Å². The lowest BCUT2D eigenvalue weighted by Crippen LogP contribution is -2.37. The van der Waals surface area contributed by atoms with E-state index >= 15 is 0 Å². The van der Waals surface area contributed by atoms with E-state index < -0.39 is 0 Å². The number of nitrogens with zero attached hydrogens (tertiary/aromatic N) is 1. The van der Waals surface area contributed by atoms with Crippen molar-refractivity contribution in [3.63, 3.8) is 0 Å². The van der Waals surface area contributed by atoms with Crippen molar-refractivity contribution in [1.29, 1.82) is 0 Å². The van der Waals surface area contributed by atoms with E-state index in [1.807, 2.05) is 26.0 Å². The van der Waals surface area contributed by atoms with Gasteiger partial charge in [-0.1, -0.05) is 26.3 Å². The monoisotopic (exact) mass is 363 g/mol. The summed E-state index contributed by atoms with van der Waals surface area (Å²) < 4.78 is 5.04. The number of carbonyl (C=O) groups is 2. The van der Waals surface area contributed by atoms with Gasteiger partial charge in [0.1, 0.15) is 6.61 Å². The molecular weight excluding hydrogens is 330 g/mol. The molecular formula is C20H33N3O3. The average molecular weight is 364 g/mol. The summed E-state index contributed by atoms with van der Waals surface area (Å²) in [6, 6.07) is 5.47. The van der Waals surface area contributed by atoms with E-state index in [1.54, 1.807) is 13.1 Å². The Kier molecular flexibility index (Phi) is 10.4. The molecule has 2 rings (SSSR count). The molecule has 0 aliphatic carbocycles.